The third-order valence-corrected chi connectivity index (χ3v) is 3.45. The molecule has 17 heavy (non-hydrogen) atoms. The van der Waals surface area contributed by atoms with Crippen molar-refractivity contribution in [1.29, 1.82) is 0 Å². The first-order chi connectivity index (χ1) is 8.24. The highest BCUT2D eigenvalue weighted by molar-refractivity contribution is 9.10. The van der Waals surface area contributed by atoms with Gasteiger partial charge in [-0.1, -0.05) is 34.5 Å². The summed E-state index contributed by atoms with van der Waals surface area (Å²) in [5.74, 6) is 0.0780. The number of rotatable bonds is 3. The molecular formula is C13H17BrN2O. The molecule has 3 nitrogen and oxygen atoms in total. The van der Waals surface area contributed by atoms with Crippen molar-refractivity contribution in [3.8, 4) is 0 Å². The van der Waals surface area contributed by atoms with Gasteiger partial charge in [0.05, 0.1) is 6.42 Å². The Hall–Kier alpha value is -0.870. The van der Waals surface area contributed by atoms with Gasteiger partial charge in [-0.05, 0) is 30.5 Å². The highest BCUT2D eigenvalue weighted by atomic mass is 79.9. The largest absolute Gasteiger partial charge is 0.289 e. The maximum atomic E-state index is 11.8. The van der Waals surface area contributed by atoms with Crippen LogP contribution in [0.4, 0.5) is 0 Å². The summed E-state index contributed by atoms with van der Waals surface area (Å²) in [4.78, 5) is 11.8. The third kappa shape index (κ3) is 4.13. The Bertz CT molecular complexity index is 372. The van der Waals surface area contributed by atoms with E-state index in [4.69, 9.17) is 0 Å². The number of carbonyl (C=O) groups excluding carboxylic acids is 1. The van der Waals surface area contributed by atoms with Crippen molar-refractivity contribution in [3.05, 3.63) is 34.3 Å². The van der Waals surface area contributed by atoms with Gasteiger partial charge in [-0.25, -0.2) is 5.01 Å². The molecule has 1 amide bonds. The number of nitrogens with zero attached hydrogens (tertiary/aromatic N) is 1. The molecule has 0 radical (unpaired) electrons. The van der Waals surface area contributed by atoms with E-state index in [-0.39, 0.29) is 5.91 Å². The average Bonchev–Trinajstić information content (AvgIpc) is 2.33. The number of halogens is 1. The Morgan fingerprint density at radius 3 is 2.47 bits per heavy atom. The molecule has 0 saturated carbocycles. The second-order valence-electron chi connectivity index (χ2n) is 4.39. The van der Waals surface area contributed by atoms with Gasteiger partial charge >= 0.3 is 0 Å². The van der Waals surface area contributed by atoms with Gasteiger partial charge in [0.25, 0.3) is 0 Å². The van der Waals surface area contributed by atoms with E-state index in [1.807, 2.05) is 29.3 Å². The molecule has 1 N–H and O–H groups in total. The predicted octanol–water partition coefficient (Wildman–Crippen LogP) is 2.51. The van der Waals surface area contributed by atoms with Gasteiger partial charge < -0.3 is 0 Å². The summed E-state index contributed by atoms with van der Waals surface area (Å²) in [5, 5.41) is 2.03. The summed E-state index contributed by atoms with van der Waals surface area (Å²) >= 11 is 3.38. The smallest absolute Gasteiger partial charge is 0.238 e. The van der Waals surface area contributed by atoms with E-state index in [9.17, 15) is 4.79 Å². The topological polar surface area (TPSA) is 32.3 Å². The van der Waals surface area contributed by atoms with E-state index in [1.54, 1.807) is 0 Å². The molecular weight excluding hydrogens is 280 g/mol. The number of benzene rings is 1. The lowest BCUT2D eigenvalue weighted by Gasteiger charge is -2.26. The van der Waals surface area contributed by atoms with Gasteiger partial charge in [0.1, 0.15) is 0 Å². The zero-order valence-corrected chi connectivity index (χ0v) is 11.4. The predicted molar refractivity (Wildman–Crippen MR) is 71.4 cm³/mol. The van der Waals surface area contributed by atoms with Crippen LogP contribution in [0.3, 0.4) is 0 Å². The molecule has 0 aliphatic carbocycles. The lowest BCUT2D eigenvalue weighted by Crippen LogP contribution is -2.45. The van der Waals surface area contributed by atoms with Gasteiger partial charge in [-0.2, -0.15) is 0 Å². The van der Waals surface area contributed by atoms with Crippen molar-refractivity contribution in [2.45, 2.75) is 25.7 Å². The fraction of sp³-hybridized carbons (Fsp3) is 0.462. The second kappa shape index (κ2) is 6.17. The van der Waals surface area contributed by atoms with Crippen LogP contribution < -0.4 is 5.43 Å². The molecule has 0 spiro atoms. The number of hydrogen-bond donors (Lipinski definition) is 1. The second-order valence-corrected chi connectivity index (χ2v) is 5.30. The molecule has 1 heterocycles. The molecule has 0 unspecified atom stereocenters. The maximum absolute atomic E-state index is 11.8. The number of amides is 1. The molecule has 0 aromatic heterocycles. The molecule has 4 heteroatoms. The Labute approximate surface area is 110 Å². The van der Waals surface area contributed by atoms with Crippen LogP contribution in [0.2, 0.25) is 0 Å². The first-order valence-corrected chi connectivity index (χ1v) is 6.82. The lowest BCUT2D eigenvalue weighted by atomic mass is 10.1. The first kappa shape index (κ1) is 12.6. The van der Waals surface area contributed by atoms with Gasteiger partial charge in [0.2, 0.25) is 5.91 Å². The molecule has 1 aliphatic heterocycles. The van der Waals surface area contributed by atoms with Crippen molar-refractivity contribution in [1.82, 2.24) is 10.4 Å². The van der Waals surface area contributed by atoms with Crippen molar-refractivity contribution in [3.63, 3.8) is 0 Å². The molecule has 1 aromatic rings. The van der Waals surface area contributed by atoms with Crippen molar-refractivity contribution in [2.75, 3.05) is 13.1 Å². The zero-order chi connectivity index (χ0) is 12.1. The van der Waals surface area contributed by atoms with Gasteiger partial charge in [-0.15, -0.1) is 0 Å². The number of piperidine rings is 1. The average molecular weight is 297 g/mol. The number of nitrogens with one attached hydrogen (secondary N) is 1. The SMILES string of the molecule is O=C(Cc1ccc(Br)cc1)NN1CCCCC1. The van der Waals surface area contributed by atoms with E-state index in [1.165, 1.54) is 19.3 Å². The van der Waals surface area contributed by atoms with E-state index < -0.39 is 0 Å². The van der Waals surface area contributed by atoms with E-state index in [0.717, 1.165) is 23.1 Å². The Balaban J connectivity index is 1.82. The molecule has 1 aliphatic rings. The van der Waals surface area contributed by atoms with Crippen LogP contribution in [-0.4, -0.2) is 24.0 Å². The van der Waals surface area contributed by atoms with Crippen LogP contribution in [0.15, 0.2) is 28.7 Å². The van der Waals surface area contributed by atoms with Crippen LogP contribution >= 0.6 is 15.9 Å². The standard InChI is InChI=1S/C13H17BrN2O/c14-12-6-4-11(5-7-12)10-13(17)15-16-8-2-1-3-9-16/h4-7H,1-3,8-10H2,(H,15,17). The van der Waals surface area contributed by atoms with Crippen LogP contribution in [0.5, 0.6) is 0 Å². The Morgan fingerprint density at radius 2 is 1.82 bits per heavy atom. The zero-order valence-electron chi connectivity index (χ0n) is 9.79. The third-order valence-electron chi connectivity index (χ3n) is 2.92. The summed E-state index contributed by atoms with van der Waals surface area (Å²) in [7, 11) is 0. The molecule has 0 atom stereocenters. The maximum Gasteiger partial charge on any atom is 0.238 e. The van der Waals surface area contributed by atoms with Crippen molar-refractivity contribution < 1.29 is 4.79 Å². The number of hydrogen-bond acceptors (Lipinski definition) is 2. The van der Waals surface area contributed by atoms with Crippen molar-refractivity contribution in [2.24, 2.45) is 0 Å². The van der Waals surface area contributed by atoms with E-state index >= 15 is 0 Å². The Kier molecular flexibility index (Phi) is 4.57. The fourth-order valence-electron chi connectivity index (χ4n) is 2.01. The molecule has 0 bridgehead atoms. The number of hydrazine groups is 1. The minimum absolute atomic E-state index is 0.0780. The highest BCUT2D eigenvalue weighted by Crippen LogP contribution is 2.11. The molecule has 92 valence electrons. The van der Waals surface area contributed by atoms with Crippen molar-refractivity contribution >= 4 is 21.8 Å². The van der Waals surface area contributed by atoms with E-state index in [0.29, 0.717) is 6.42 Å². The summed E-state index contributed by atoms with van der Waals surface area (Å²) in [6.45, 7) is 1.96. The van der Waals surface area contributed by atoms with Crippen LogP contribution in [-0.2, 0) is 11.2 Å². The monoisotopic (exact) mass is 296 g/mol. The Morgan fingerprint density at radius 1 is 1.18 bits per heavy atom. The summed E-state index contributed by atoms with van der Waals surface area (Å²) in [6.07, 6.45) is 4.08. The summed E-state index contributed by atoms with van der Waals surface area (Å²) in [6, 6.07) is 7.87. The van der Waals surface area contributed by atoms with Gasteiger partial charge in [-0.3, -0.25) is 10.2 Å². The molecule has 1 aromatic carbocycles. The first-order valence-electron chi connectivity index (χ1n) is 6.03. The molecule has 2 rings (SSSR count). The lowest BCUT2D eigenvalue weighted by molar-refractivity contribution is -0.125. The number of carbonyl (C=O) groups is 1. The molecule has 1 fully saturated rings. The minimum Gasteiger partial charge on any atom is -0.289 e. The summed E-state index contributed by atoms with van der Waals surface area (Å²) < 4.78 is 1.04. The van der Waals surface area contributed by atoms with Crippen LogP contribution in [0.25, 0.3) is 0 Å². The van der Waals surface area contributed by atoms with Gasteiger partial charge in [0.15, 0.2) is 0 Å². The van der Waals surface area contributed by atoms with Crippen LogP contribution in [0.1, 0.15) is 24.8 Å². The summed E-state index contributed by atoms with van der Waals surface area (Å²) in [5.41, 5.74) is 4.01. The quantitative estimate of drug-likeness (QED) is 0.929. The highest BCUT2D eigenvalue weighted by Gasteiger charge is 2.12. The van der Waals surface area contributed by atoms with E-state index in [2.05, 4.69) is 21.4 Å². The normalized spacial score (nSPS) is 16.8. The molecule has 1 saturated heterocycles. The van der Waals surface area contributed by atoms with Crippen LogP contribution in [0, 0.1) is 0 Å². The minimum atomic E-state index is 0.0780. The fourth-order valence-corrected chi connectivity index (χ4v) is 2.27. The van der Waals surface area contributed by atoms with Gasteiger partial charge in [0, 0.05) is 17.6 Å².